The van der Waals surface area contributed by atoms with Crippen LogP contribution in [0.1, 0.15) is 31.9 Å². The van der Waals surface area contributed by atoms with Crippen molar-refractivity contribution in [2.75, 3.05) is 18.0 Å². The lowest BCUT2D eigenvalue weighted by molar-refractivity contribution is -0.114. The Morgan fingerprint density at radius 1 is 1.03 bits per heavy atom. The quantitative estimate of drug-likeness (QED) is 0.513. The van der Waals surface area contributed by atoms with E-state index in [-0.39, 0.29) is 5.57 Å². The van der Waals surface area contributed by atoms with Gasteiger partial charge in [0.05, 0.1) is 0 Å². The SMILES string of the molecule is C/C(=C(/C#N)C(N)=O)c1ccc(-c2ccc3cc(N4CCCCC4)ccc3c2)o1. The van der Waals surface area contributed by atoms with Crippen molar-refractivity contribution >= 4 is 27.9 Å². The van der Waals surface area contributed by atoms with Crippen LogP contribution in [-0.4, -0.2) is 19.0 Å². The lowest BCUT2D eigenvalue weighted by Crippen LogP contribution is -2.29. The predicted molar refractivity (Wildman–Crippen MR) is 115 cm³/mol. The number of primary amides is 1. The van der Waals surface area contributed by atoms with Gasteiger partial charge in [0.1, 0.15) is 23.2 Å². The van der Waals surface area contributed by atoms with Gasteiger partial charge in [-0.2, -0.15) is 5.26 Å². The van der Waals surface area contributed by atoms with Crippen LogP contribution in [0.25, 0.3) is 27.7 Å². The van der Waals surface area contributed by atoms with Crippen molar-refractivity contribution in [2.24, 2.45) is 5.73 Å². The van der Waals surface area contributed by atoms with Crippen molar-refractivity contribution in [1.82, 2.24) is 0 Å². The Bertz CT molecular complexity index is 1140. The van der Waals surface area contributed by atoms with Crippen LogP contribution in [0.5, 0.6) is 0 Å². The molecule has 1 amide bonds. The van der Waals surface area contributed by atoms with Gasteiger partial charge in [-0.1, -0.05) is 18.2 Å². The summed E-state index contributed by atoms with van der Waals surface area (Å²) in [6, 6.07) is 18.3. The first-order valence-electron chi connectivity index (χ1n) is 9.87. The third-order valence-corrected chi connectivity index (χ3v) is 5.54. The molecule has 5 heteroatoms. The molecule has 0 unspecified atom stereocenters. The summed E-state index contributed by atoms with van der Waals surface area (Å²) in [5.74, 6) is 0.400. The van der Waals surface area contributed by atoms with E-state index in [1.807, 2.05) is 18.2 Å². The smallest absolute Gasteiger partial charge is 0.259 e. The molecule has 1 aliphatic rings. The molecule has 29 heavy (non-hydrogen) atoms. The summed E-state index contributed by atoms with van der Waals surface area (Å²) in [5.41, 5.74) is 7.85. The Morgan fingerprint density at radius 2 is 1.76 bits per heavy atom. The van der Waals surface area contributed by atoms with Gasteiger partial charge < -0.3 is 15.1 Å². The van der Waals surface area contributed by atoms with Crippen LogP contribution >= 0.6 is 0 Å². The summed E-state index contributed by atoms with van der Waals surface area (Å²) in [4.78, 5) is 13.9. The van der Waals surface area contributed by atoms with E-state index in [9.17, 15) is 4.79 Å². The van der Waals surface area contributed by atoms with Gasteiger partial charge >= 0.3 is 0 Å². The van der Waals surface area contributed by atoms with Crippen molar-refractivity contribution in [3.8, 4) is 17.4 Å². The fourth-order valence-corrected chi connectivity index (χ4v) is 3.88. The zero-order chi connectivity index (χ0) is 20.4. The average Bonchev–Trinajstić information content (AvgIpc) is 3.24. The number of hydrogen-bond donors (Lipinski definition) is 1. The van der Waals surface area contributed by atoms with E-state index in [2.05, 4.69) is 35.2 Å². The zero-order valence-corrected chi connectivity index (χ0v) is 16.4. The molecule has 2 aromatic carbocycles. The fraction of sp³-hybridized carbons (Fsp3) is 0.250. The topological polar surface area (TPSA) is 83.3 Å². The van der Waals surface area contributed by atoms with Crippen LogP contribution in [0.4, 0.5) is 5.69 Å². The fourth-order valence-electron chi connectivity index (χ4n) is 3.88. The highest BCUT2D eigenvalue weighted by Crippen LogP contribution is 2.31. The molecule has 0 radical (unpaired) electrons. The van der Waals surface area contributed by atoms with Crippen molar-refractivity contribution in [3.05, 3.63) is 59.9 Å². The molecule has 146 valence electrons. The van der Waals surface area contributed by atoms with Gasteiger partial charge in [0, 0.05) is 29.9 Å². The number of nitriles is 1. The zero-order valence-electron chi connectivity index (χ0n) is 16.4. The van der Waals surface area contributed by atoms with E-state index in [0.717, 1.165) is 24.0 Å². The molecule has 0 saturated carbocycles. The third kappa shape index (κ3) is 3.74. The molecule has 0 bridgehead atoms. The molecule has 0 atom stereocenters. The first kappa shape index (κ1) is 18.8. The standard InChI is InChI=1S/C24H23N3O2/c1-16(21(15-25)24(26)28)22-9-10-23(29-22)19-6-5-18-14-20(8-7-17(18)13-19)27-11-3-2-4-12-27/h5-10,13-14H,2-4,11-12H2,1H3,(H2,26,28)/b21-16+. The number of nitrogens with two attached hydrogens (primary N) is 1. The van der Waals surface area contributed by atoms with E-state index in [0.29, 0.717) is 17.1 Å². The summed E-state index contributed by atoms with van der Waals surface area (Å²) in [5, 5.41) is 11.5. The number of hydrogen-bond acceptors (Lipinski definition) is 4. The van der Waals surface area contributed by atoms with Gasteiger partial charge in [0.2, 0.25) is 0 Å². The summed E-state index contributed by atoms with van der Waals surface area (Å²) >= 11 is 0. The second-order valence-electron chi connectivity index (χ2n) is 7.43. The summed E-state index contributed by atoms with van der Waals surface area (Å²) in [6.07, 6.45) is 3.84. The van der Waals surface area contributed by atoms with E-state index >= 15 is 0 Å². The molecule has 0 spiro atoms. The number of carbonyl (C=O) groups is 1. The number of fused-ring (bicyclic) bond motifs is 1. The van der Waals surface area contributed by atoms with Crippen LogP contribution in [0.2, 0.25) is 0 Å². The van der Waals surface area contributed by atoms with Crippen molar-refractivity contribution in [2.45, 2.75) is 26.2 Å². The van der Waals surface area contributed by atoms with Crippen molar-refractivity contribution in [1.29, 1.82) is 5.26 Å². The maximum atomic E-state index is 11.4. The van der Waals surface area contributed by atoms with Gasteiger partial charge in [0.25, 0.3) is 5.91 Å². The van der Waals surface area contributed by atoms with Crippen LogP contribution in [0, 0.1) is 11.3 Å². The Morgan fingerprint density at radius 3 is 2.48 bits per heavy atom. The number of amides is 1. The van der Waals surface area contributed by atoms with E-state index in [1.165, 1.54) is 30.3 Å². The van der Waals surface area contributed by atoms with Gasteiger partial charge in [-0.05, 0) is 67.3 Å². The van der Waals surface area contributed by atoms with Gasteiger partial charge in [-0.15, -0.1) is 0 Å². The number of rotatable bonds is 4. The molecule has 1 aliphatic heterocycles. The second kappa shape index (κ2) is 7.84. The summed E-state index contributed by atoms with van der Waals surface area (Å²) in [6.45, 7) is 3.91. The monoisotopic (exact) mass is 385 g/mol. The number of allylic oxidation sites excluding steroid dienone is 1. The van der Waals surface area contributed by atoms with E-state index in [4.69, 9.17) is 15.4 Å². The molecule has 1 saturated heterocycles. The van der Waals surface area contributed by atoms with Crippen molar-refractivity contribution in [3.63, 3.8) is 0 Å². The maximum Gasteiger partial charge on any atom is 0.259 e. The Balaban J connectivity index is 1.64. The first-order valence-corrected chi connectivity index (χ1v) is 9.87. The number of benzene rings is 2. The van der Waals surface area contributed by atoms with Gasteiger partial charge in [-0.3, -0.25) is 4.79 Å². The van der Waals surface area contributed by atoms with Crippen LogP contribution < -0.4 is 10.6 Å². The molecule has 3 aromatic rings. The molecule has 2 N–H and O–H groups in total. The minimum Gasteiger partial charge on any atom is -0.456 e. The van der Waals surface area contributed by atoms with Gasteiger partial charge in [-0.25, -0.2) is 0 Å². The molecule has 2 heterocycles. The number of furan rings is 1. The lowest BCUT2D eigenvalue weighted by atomic mass is 10.0. The highest BCUT2D eigenvalue weighted by molar-refractivity contribution is 6.03. The van der Waals surface area contributed by atoms with Gasteiger partial charge in [0.15, 0.2) is 0 Å². The van der Waals surface area contributed by atoms with E-state index < -0.39 is 5.91 Å². The van der Waals surface area contributed by atoms with Crippen LogP contribution in [-0.2, 0) is 4.79 Å². The summed E-state index contributed by atoms with van der Waals surface area (Å²) < 4.78 is 5.91. The molecule has 4 rings (SSSR count). The third-order valence-electron chi connectivity index (χ3n) is 5.54. The molecule has 1 aromatic heterocycles. The predicted octanol–water partition coefficient (Wildman–Crippen LogP) is 4.87. The Labute approximate surface area is 170 Å². The molecule has 0 aliphatic carbocycles. The highest BCUT2D eigenvalue weighted by atomic mass is 16.3. The highest BCUT2D eigenvalue weighted by Gasteiger charge is 2.15. The first-order chi connectivity index (χ1) is 14.1. The average molecular weight is 385 g/mol. The molecular weight excluding hydrogens is 362 g/mol. The second-order valence-corrected chi connectivity index (χ2v) is 7.43. The Kier molecular flexibility index (Phi) is 5.09. The minimum absolute atomic E-state index is 0.0883. The maximum absolute atomic E-state index is 11.4. The number of carbonyl (C=O) groups excluding carboxylic acids is 1. The minimum atomic E-state index is -0.752. The normalized spacial score (nSPS) is 15.1. The largest absolute Gasteiger partial charge is 0.456 e. The summed E-state index contributed by atoms with van der Waals surface area (Å²) in [7, 11) is 0. The molecule has 5 nitrogen and oxygen atoms in total. The Hall–Kier alpha value is -3.52. The number of piperidine rings is 1. The van der Waals surface area contributed by atoms with E-state index in [1.54, 1.807) is 13.0 Å². The number of nitrogens with zero attached hydrogens (tertiary/aromatic N) is 2. The van der Waals surface area contributed by atoms with Crippen LogP contribution in [0.15, 0.2) is 58.5 Å². The number of anilines is 1. The van der Waals surface area contributed by atoms with Crippen molar-refractivity contribution < 1.29 is 9.21 Å². The lowest BCUT2D eigenvalue weighted by Gasteiger charge is -2.29. The molecule has 1 fully saturated rings. The molecular formula is C24H23N3O2. The van der Waals surface area contributed by atoms with Crippen LogP contribution in [0.3, 0.4) is 0 Å².